The molecule has 0 aliphatic heterocycles. The predicted molar refractivity (Wildman–Crippen MR) is 54.8 cm³/mol. The summed E-state index contributed by atoms with van der Waals surface area (Å²) < 4.78 is 24.5. The van der Waals surface area contributed by atoms with Crippen molar-refractivity contribution in [2.45, 2.75) is 18.9 Å². The number of nitrogens with one attached hydrogen (secondary N) is 1. The molecule has 0 aliphatic carbocycles. The minimum absolute atomic E-state index is 0.00211. The van der Waals surface area contributed by atoms with Gasteiger partial charge < -0.3 is 10.2 Å². The van der Waals surface area contributed by atoms with Crippen LogP contribution in [0.5, 0.6) is 0 Å². The summed E-state index contributed by atoms with van der Waals surface area (Å²) in [6, 6.07) is 0. The Kier molecular flexibility index (Phi) is 7.48. The molecule has 0 aromatic rings. The molecule has 0 spiro atoms. The topological polar surface area (TPSA) is 86.6 Å². The molecule has 5 nitrogen and oxygen atoms in total. The minimum Gasteiger partial charge on any atom is -0.394 e. The number of aliphatic hydroxyl groups excluding tert-OH is 2. The van der Waals surface area contributed by atoms with Gasteiger partial charge in [0.15, 0.2) is 0 Å². The third-order valence-electron chi connectivity index (χ3n) is 1.55. The molecule has 0 heterocycles. The van der Waals surface area contributed by atoms with E-state index in [1.165, 1.54) is 0 Å². The van der Waals surface area contributed by atoms with E-state index < -0.39 is 22.7 Å². The van der Waals surface area contributed by atoms with Crippen molar-refractivity contribution in [2.75, 3.05) is 24.8 Å². The highest BCUT2D eigenvalue weighted by Crippen LogP contribution is 1.96. The number of rotatable bonds is 8. The van der Waals surface area contributed by atoms with Crippen LogP contribution in [-0.4, -0.2) is 49.5 Å². The van der Waals surface area contributed by atoms with Crippen molar-refractivity contribution < 1.29 is 18.6 Å². The maximum atomic E-state index is 11.2. The second kappa shape index (κ2) is 7.42. The molecule has 0 fully saturated rings. The molecule has 0 bridgehead atoms. The van der Waals surface area contributed by atoms with Gasteiger partial charge in [0, 0.05) is 12.4 Å². The first kappa shape index (κ1) is 14.1. The van der Waals surface area contributed by atoms with Crippen LogP contribution >= 0.6 is 11.6 Å². The van der Waals surface area contributed by atoms with E-state index in [1.54, 1.807) is 0 Å². The van der Waals surface area contributed by atoms with Crippen molar-refractivity contribution in [3.8, 4) is 0 Å². The Hall–Kier alpha value is 0.120. The van der Waals surface area contributed by atoms with Gasteiger partial charge in [0.05, 0.1) is 18.5 Å². The van der Waals surface area contributed by atoms with Gasteiger partial charge in [0.2, 0.25) is 10.0 Å². The number of halogens is 1. The van der Waals surface area contributed by atoms with Gasteiger partial charge in [0.1, 0.15) is 0 Å². The summed E-state index contributed by atoms with van der Waals surface area (Å²) in [6.45, 7) is -0.607. The molecule has 3 N–H and O–H groups in total. The number of unbranched alkanes of at least 4 members (excludes halogenated alkanes) is 1. The van der Waals surface area contributed by atoms with E-state index in [0.717, 1.165) is 0 Å². The van der Waals surface area contributed by atoms with E-state index in [0.29, 0.717) is 18.7 Å². The molecule has 0 amide bonds. The SMILES string of the molecule is O=S(=O)(CCCCCl)NCC(O)CO. The maximum Gasteiger partial charge on any atom is 0.211 e. The minimum atomic E-state index is -3.34. The first-order chi connectivity index (χ1) is 6.52. The zero-order chi connectivity index (χ0) is 11.0. The van der Waals surface area contributed by atoms with Crippen LogP contribution in [0.15, 0.2) is 0 Å². The Balaban J connectivity index is 3.73. The normalized spacial score (nSPS) is 14.2. The van der Waals surface area contributed by atoms with Gasteiger partial charge in [-0.2, -0.15) is 0 Å². The Morgan fingerprint density at radius 2 is 2.00 bits per heavy atom. The van der Waals surface area contributed by atoms with Crippen LogP contribution in [0, 0.1) is 0 Å². The first-order valence-corrected chi connectivity index (χ1v) is 6.52. The van der Waals surface area contributed by atoms with Crippen LogP contribution in [-0.2, 0) is 10.0 Å². The summed E-state index contributed by atoms with van der Waals surface area (Å²) in [5.74, 6) is 0.437. The van der Waals surface area contributed by atoms with Gasteiger partial charge in [0.25, 0.3) is 0 Å². The van der Waals surface area contributed by atoms with Crippen LogP contribution in [0.25, 0.3) is 0 Å². The molecule has 86 valence electrons. The van der Waals surface area contributed by atoms with E-state index in [2.05, 4.69) is 4.72 Å². The molecule has 0 saturated heterocycles. The molecule has 0 aromatic carbocycles. The Bertz CT molecular complexity index is 232. The van der Waals surface area contributed by atoms with Gasteiger partial charge >= 0.3 is 0 Å². The fraction of sp³-hybridized carbons (Fsp3) is 1.00. The van der Waals surface area contributed by atoms with Crippen molar-refractivity contribution in [3.63, 3.8) is 0 Å². The largest absolute Gasteiger partial charge is 0.394 e. The highest BCUT2D eigenvalue weighted by Gasteiger charge is 2.11. The Morgan fingerprint density at radius 1 is 1.36 bits per heavy atom. The van der Waals surface area contributed by atoms with Crippen LogP contribution in [0.1, 0.15) is 12.8 Å². The van der Waals surface area contributed by atoms with E-state index in [9.17, 15) is 8.42 Å². The van der Waals surface area contributed by atoms with Gasteiger partial charge in [-0.3, -0.25) is 0 Å². The van der Waals surface area contributed by atoms with Crippen LogP contribution in [0.3, 0.4) is 0 Å². The highest BCUT2D eigenvalue weighted by molar-refractivity contribution is 7.89. The van der Waals surface area contributed by atoms with Gasteiger partial charge in [-0.05, 0) is 12.8 Å². The lowest BCUT2D eigenvalue weighted by Crippen LogP contribution is -2.35. The number of sulfonamides is 1. The molecule has 1 unspecified atom stereocenters. The monoisotopic (exact) mass is 245 g/mol. The van der Waals surface area contributed by atoms with Gasteiger partial charge in [-0.25, -0.2) is 13.1 Å². The summed E-state index contributed by atoms with van der Waals surface area (Å²) >= 11 is 5.39. The lowest BCUT2D eigenvalue weighted by Gasteiger charge is -2.09. The van der Waals surface area contributed by atoms with Gasteiger partial charge in [-0.1, -0.05) is 0 Å². The number of aliphatic hydroxyl groups is 2. The molecule has 7 heteroatoms. The zero-order valence-corrected chi connectivity index (χ0v) is 9.39. The third kappa shape index (κ3) is 7.52. The quantitative estimate of drug-likeness (QED) is 0.389. The van der Waals surface area contributed by atoms with Crippen molar-refractivity contribution in [1.82, 2.24) is 4.72 Å². The summed E-state index contributed by atoms with van der Waals surface area (Å²) in [5.41, 5.74) is 0. The summed E-state index contributed by atoms with van der Waals surface area (Å²) in [4.78, 5) is 0. The lowest BCUT2D eigenvalue weighted by molar-refractivity contribution is 0.0988. The van der Waals surface area contributed by atoms with E-state index >= 15 is 0 Å². The molecule has 14 heavy (non-hydrogen) atoms. The fourth-order valence-electron chi connectivity index (χ4n) is 0.746. The standard InChI is InChI=1S/C7H16ClNO4S/c8-3-1-2-4-14(12,13)9-5-7(11)6-10/h7,9-11H,1-6H2. The Labute approximate surface area is 89.1 Å². The van der Waals surface area contributed by atoms with Crippen molar-refractivity contribution >= 4 is 21.6 Å². The average Bonchev–Trinajstić information content (AvgIpc) is 2.14. The van der Waals surface area contributed by atoms with Crippen molar-refractivity contribution in [1.29, 1.82) is 0 Å². The van der Waals surface area contributed by atoms with Crippen molar-refractivity contribution in [3.05, 3.63) is 0 Å². The van der Waals surface area contributed by atoms with Crippen LogP contribution < -0.4 is 4.72 Å². The number of alkyl halides is 1. The first-order valence-electron chi connectivity index (χ1n) is 4.34. The number of hydrogen-bond donors (Lipinski definition) is 3. The summed E-state index contributed by atoms with van der Waals surface area (Å²) in [5, 5.41) is 17.3. The highest BCUT2D eigenvalue weighted by atomic mass is 35.5. The van der Waals surface area contributed by atoms with Gasteiger partial charge in [-0.15, -0.1) is 11.6 Å². The predicted octanol–water partition coefficient (Wildman–Crippen LogP) is -0.722. The molecule has 1 atom stereocenters. The smallest absolute Gasteiger partial charge is 0.211 e. The van der Waals surface area contributed by atoms with E-state index in [-0.39, 0.29) is 12.3 Å². The maximum absolute atomic E-state index is 11.2. The zero-order valence-electron chi connectivity index (χ0n) is 7.82. The van der Waals surface area contributed by atoms with Crippen LogP contribution in [0.4, 0.5) is 0 Å². The molecule has 0 aromatic heterocycles. The molecule has 0 aliphatic rings. The van der Waals surface area contributed by atoms with Crippen molar-refractivity contribution in [2.24, 2.45) is 0 Å². The van der Waals surface area contributed by atoms with Crippen LogP contribution in [0.2, 0.25) is 0 Å². The molecule has 0 rings (SSSR count). The molecule has 0 radical (unpaired) electrons. The third-order valence-corrected chi connectivity index (χ3v) is 3.25. The average molecular weight is 246 g/mol. The second-order valence-electron chi connectivity index (χ2n) is 2.90. The Morgan fingerprint density at radius 3 is 2.50 bits per heavy atom. The summed E-state index contributed by atoms with van der Waals surface area (Å²) in [6.07, 6.45) is 0.0943. The fourth-order valence-corrected chi connectivity index (χ4v) is 2.11. The lowest BCUT2D eigenvalue weighted by atomic mass is 10.4. The molecule has 0 saturated carbocycles. The molecular formula is C7H16ClNO4S. The van der Waals surface area contributed by atoms with E-state index in [4.69, 9.17) is 21.8 Å². The van der Waals surface area contributed by atoms with E-state index in [1.807, 2.05) is 0 Å². The summed E-state index contributed by atoms with van der Waals surface area (Å²) in [7, 11) is -3.34. The molecular weight excluding hydrogens is 230 g/mol. The number of hydrogen-bond acceptors (Lipinski definition) is 4. The second-order valence-corrected chi connectivity index (χ2v) is 5.20.